The number of amides is 2. The molecule has 0 aromatic heterocycles. The van der Waals surface area contributed by atoms with E-state index in [1.54, 1.807) is 12.1 Å². The van der Waals surface area contributed by atoms with Crippen LogP contribution in [0.5, 0.6) is 0 Å². The van der Waals surface area contributed by atoms with E-state index in [4.69, 9.17) is 0 Å². The molecule has 0 saturated carbocycles. The van der Waals surface area contributed by atoms with Gasteiger partial charge in [-0.15, -0.1) is 0 Å². The van der Waals surface area contributed by atoms with Crippen LogP contribution in [-0.2, 0) is 9.59 Å². The second-order valence-corrected chi connectivity index (χ2v) is 4.16. The Morgan fingerprint density at radius 3 is 2.08 bits per heavy atom. The molecule has 0 aliphatic heterocycles. The van der Waals surface area contributed by atoms with E-state index in [0.717, 1.165) is 4.90 Å². The first kappa shape index (κ1) is 9.66. The van der Waals surface area contributed by atoms with E-state index in [1.165, 1.54) is 5.19 Å². The molecule has 0 N–H and O–H groups in total. The summed E-state index contributed by atoms with van der Waals surface area (Å²) >= 11 is 0. The van der Waals surface area contributed by atoms with E-state index >= 15 is 0 Å². The van der Waals surface area contributed by atoms with Gasteiger partial charge in [-0.2, -0.15) is 0 Å². The second-order valence-electron chi connectivity index (χ2n) is 2.64. The molecule has 68 valence electrons. The van der Waals surface area contributed by atoms with Crippen molar-refractivity contribution in [2.45, 2.75) is 6.55 Å². The van der Waals surface area contributed by atoms with Crippen molar-refractivity contribution in [3.63, 3.8) is 0 Å². The zero-order valence-electron chi connectivity index (χ0n) is 7.43. The van der Waals surface area contributed by atoms with Gasteiger partial charge in [0.15, 0.2) is 0 Å². The number of benzene rings is 1. The van der Waals surface area contributed by atoms with E-state index < -0.39 is 0 Å². The molecule has 0 radical (unpaired) electrons. The first-order valence-electron chi connectivity index (χ1n) is 4.09. The summed E-state index contributed by atoms with van der Waals surface area (Å²) in [5.74, 6) is 0. The molecule has 3 nitrogen and oxygen atoms in total. The molecule has 0 heterocycles. The number of imide groups is 1. The lowest BCUT2D eigenvalue weighted by molar-refractivity contribution is -0.113. The van der Waals surface area contributed by atoms with Gasteiger partial charge in [0.1, 0.15) is 0 Å². The molecule has 0 aliphatic rings. The monoisotopic (exact) mass is 193 g/mol. The first-order chi connectivity index (χ1) is 6.31. The summed E-state index contributed by atoms with van der Waals surface area (Å²) in [4.78, 5) is 21.8. The standard InChI is InChI=1S/C9H11NO2Si/c1-13-9-4-2-8(3-5-9)10(6-11)7-12/h2-7H,13H2,1H3. The summed E-state index contributed by atoms with van der Waals surface area (Å²) in [5, 5.41) is 1.32. The third-order valence-electron chi connectivity index (χ3n) is 1.87. The summed E-state index contributed by atoms with van der Waals surface area (Å²) < 4.78 is 0. The SMILES string of the molecule is C[SiH2]c1ccc(N(C=O)C=O)cc1. The Balaban J connectivity index is 2.90. The summed E-state index contributed by atoms with van der Waals surface area (Å²) in [6.07, 6.45) is 1.01. The Morgan fingerprint density at radius 2 is 1.69 bits per heavy atom. The van der Waals surface area contributed by atoms with Crippen molar-refractivity contribution in [1.82, 2.24) is 0 Å². The predicted molar refractivity (Wildman–Crippen MR) is 55.1 cm³/mol. The minimum absolute atomic E-state index is 0.157. The number of rotatable bonds is 4. The van der Waals surface area contributed by atoms with Gasteiger partial charge in [-0.25, -0.2) is 0 Å². The molecular formula is C9H11NO2Si. The van der Waals surface area contributed by atoms with Crippen LogP contribution in [0.4, 0.5) is 5.69 Å². The predicted octanol–water partition coefficient (Wildman–Crippen LogP) is -0.352. The molecule has 4 heteroatoms. The fourth-order valence-electron chi connectivity index (χ4n) is 1.05. The highest BCUT2D eigenvalue weighted by Crippen LogP contribution is 2.07. The van der Waals surface area contributed by atoms with Crippen molar-refractivity contribution in [3.8, 4) is 0 Å². The van der Waals surface area contributed by atoms with Gasteiger partial charge in [0, 0.05) is 0 Å². The highest BCUT2D eigenvalue weighted by molar-refractivity contribution is 6.51. The Kier molecular flexibility index (Phi) is 3.39. The van der Waals surface area contributed by atoms with Crippen LogP contribution >= 0.6 is 0 Å². The fraction of sp³-hybridized carbons (Fsp3) is 0.111. The van der Waals surface area contributed by atoms with Gasteiger partial charge >= 0.3 is 0 Å². The number of carbonyl (C=O) groups is 2. The Bertz CT molecular complexity index is 289. The maximum atomic E-state index is 10.4. The molecule has 1 aromatic rings. The average molecular weight is 193 g/mol. The van der Waals surface area contributed by atoms with Crippen LogP contribution in [0, 0.1) is 0 Å². The smallest absolute Gasteiger partial charge is 0.220 e. The molecule has 0 aliphatic carbocycles. The number of anilines is 1. The molecule has 0 unspecified atom stereocenters. The normalized spacial score (nSPS) is 10.2. The van der Waals surface area contributed by atoms with Crippen molar-refractivity contribution in [2.24, 2.45) is 0 Å². The van der Waals surface area contributed by atoms with Gasteiger partial charge in [0.25, 0.3) is 0 Å². The van der Waals surface area contributed by atoms with Gasteiger partial charge in [0.2, 0.25) is 12.8 Å². The van der Waals surface area contributed by atoms with E-state index in [0.29, 0.717) is 18.5 Å². The lowest BCUT2D eigenvalue weighted by atomic mass is 10.3. The van der Waals surface area contributed by atoms with Gasteiger partial charge in [-0.1, -0.05) is 23.9 Å². The molecule has 1 rings (SSSR count). The maximum absolute atomic E-state index is 10.4. The summed E-state index contributed by atoms with van der Waals surface area (Å²) in [6.45, 7) is 2.19. The first-order valence-corrected chi connectivity index (χ1v) is 6.21. The zero-order chi connectivity index (χ0) is 9.68. The average Bonchev–Trinajstić information content (AvgIpc) is 2.21. The van der Waals surface area contributed by atoms with Crippen LogP contribution in [0.1, 0.15) is 0 Å². The highest BCUT2D eigenvalue weighted by Gasteiger charge is 2.01. The molecule has 0 saturated heterocycles. The quantitative estimate of drug-likeness (QED) is 0.484. The van der Waals surface area contributed by atoms with E-state index in [1.807, 2.05) is 12.1 Å². The van der Waals surface area contributed by atoms with Crippen molar-refractivity contribution in [2.75, 3.05) is 4.90 Å². The van der Waals surface area contributed by atoms with Gasteiger partial charge < -0.3 is 0 Å². The van der Waals surface area contributed by atoms with Crippen LogP contribution in [0.15, 0.2) is 24.3 Å². The highest BCUT2D eigenvalue weighted by atomic mass is 28.2. The van der Waals surface area contributed by atoms with Crippen LogP contribution in [0.25, 0.3) is 0 Å². The molecule has 1 aromatic carbocycles. The third kappa shape index (κ3) is 2.25. The molecular weight excluding hydrogens is 182 g/mol. The van der Waals surface area contributed by atoms with Crippen molar-refractivity contribution < 1.29 is 9.59 Å². The second kappa shape index (κ2) is 4.57. The number of hydrogen-bond acceptors (Lipinski definition) is 2. The van der Waals surface area contributed by atoms with Crippen molar-refractivity contribution >= 4 is 33.2 Å². The molecule has 13 heavy (non-hydrogen) atoms. The van der Waals surface area contributed by atoms with Crippen LogP contribution in [-0.4, -0.2) is 22.3 Å². The largest absolute Gasteiger partial charge is 0.278 e. The zero-order valence-corrected chi connectivity index (χ0v) is 8.85. The van der Waals surface area contributed by atoms with E-state index in [9.17, 15) is 9.59 Å². The lowest BCUT2D eigenvalue weighted by Crippen LogP contribution is -2.19. The number of hydrogen-bond donors (Lipinski definition) is 0. The summed E-state index contributed by atoms with van der Waals surface area (Å²) in [5.41, 5.74) is 0.621. The topological polar surface area (TPSA) is 37.4 Å². The summed E-state index contributed by atoms with van der Waals surface area (Å²) in [6, 6.07) is 7.49. The molecule has 0 fully saturated rings. The maximum Gasteiger partial charge on any atom is 0.220 e. The third-order valence-corrected chi connectivity index (χ3v) is 3.16. The number of carbonyl (C=O) groups excluding carboxylic acids is 2. The van der Waals surface area contributed by atoms with E-state index in [-0.39, 0.29) is 9.52 Å². The van der Waals surface area contributed by atoms with Crippen LogP contribution in [0.3, 0.4) is 0 Å². The fourth-order valence-corrected chi connectivity index (χ4v) is 1.76. The molecule has 0 atom stereocenters. The van der Waals surface area contributed by atoms with Gasteiger partial charge in [-0.05, 0) is 12.1 Å². The Morgan fingerprint density at radius 1 is 1.15 bits per heavy atom. The Hall–Kier alpha value is -1.42. The van der Waals surface area contributed by atoms with E-state index in [2.05, 4.69) is 6.55 Å². The van der Waals surface area contributed by atoms with Crippen molar-refractivity contribution in [1.29, 1.82) is 0 Å². The number of nitrogens with zero attached hydrogens (tertiary/aromatic N) is 1. The minimum Gasteiger partial charge on any atom is -0.278 e. The minimum atomic E-state index is -0.157. The van der Waals surface area contributed by atoms with Gasteiger partial charge in [0.05, 0.1) is 15.2 Å². The lowest BCUT2D eigenvalue weighted by Gasteiger charge is -2.08. The molecule has 0 spiro atoms. The Labute approximate surface area is 79.2 Å². The van der Waals surface area contributed by atoms with Crippen LogP contribution in [0.2, 0.25) is 6.55 Å². The van der Waals surface area contributed by atoms with Gasteiger partial charge in [-0.3, -0.25) is 14.5 Å². The molecule has 0 bridgehead atoms. The summed E-state index contributed by atoms with van der Waals surface area (Å²) in [7, 11) is -0.157. The van der Waals surface area contributed by atoms with Crippen LogP contribution < -0.4 is 10.1 Å². The van der Waals surface area contributed by atoms with Crippen molar-refractivity contribution in [3.05, 3.63) is 24.3 Å². The molecule has 2 amide bonds.